The minimum atomic E-state index is -0.541. The molecule has 0 aromatic heterocycles. The van der Waals surface area contributed by atoms with Crippen LogP contribution in [0.1, 0.15) is 0 Å². The number of ether oxygens (including phenoxy) is 2. The Morgan fingerprint density at radius 3 is 2.62 bits per heavy atom. The Morgan fingerprint density at radius 2 is 1.90 bits per heavy atom. The second-order valence-electron chi connectivity index (χ2n) is 5.32. The lowest BCUT2D eigenvalue weighted by Crippen LogP contribution is -2.54. The molecule has 0 radical (unpaired) electrons. The molecule has 21 heavy (non-hydrogen) atoms. The third-order valence-corrected chi connectivity index (χ3v) is 3.91. The monoisotopic (exact) mass is 291 g/mol. The van der Waals surface area contributed by atoms with Crippen LogP contribution in [0.5, 0.6) is 11.5 Å². The Balaban J connectivity index is 1.57. The van der Waals surface area contributed by atoms with Crippen molar-refractivity contribution in [2.45, 2.75) is 6.10 Å². The molecular weight excluding hydrogens is 270 g/mol. The first-order chi connectivity index (χ1) is 10.3. The molecule has 0 saturated carbocycles. The SMILES string of the molecule is NCCN1CCN(C(=O)[C@H]2COc3ccccc3O2)CC1. The van der Waals surface area contributed by atoms with E-state index >= 15 is 0 Å². The van der Waals surface area contributed by atoms with Crippen molar-refractivity contribution in [3.8, 4) is 11.5 Å². The van der Waals surface area contributed by atoms with E-state index in [1.54, 1.807) is 0 Å². The molecule has 2 aliphatic rings. The summed E-state index contributed by atoms with van der Waals surface area (Å²) in [4.78, 5) is 16.6. The van der Waals surface area contributed by atoms with Crippen LogP contribution in [0.4, 0.5) is 0 Å². The highest BCUT2D eigenvalue weighted by Crippen LogP contribution is 2.31. The van der Waals surface area contributed by atoms with Crippen molar-refractivity contribution < 1.29 is 14.3 Å². The summed E-state index contributed by atoms with van der Waals surface area (Å²) in [6.45, 7) is 5.00. The molecule has 6 heteroatoms. The summed E-state index contributed by atoms with van der Waals surface area (Å²) in [5, 5.41) is 0. The van der Waals surface area contributed by atoms with E-state index in [2.05, 4.69) is 4.90 Å². The maximum atomic E-state index is 12.5. The van der Waals surface area contributed by atoms with E-state index in [1.807, 2.05) is 29.2 Å². The number of hydrogen-bond donors (Lipinski definition) is 1. The number of benzene rings is 1. The van der Waals surface area contributed by atoms with E-state index in [0.717, 1.165) is 32.7 Å². The van der Waals surface area contributed by atoms with E-state index < -0.39 is 6.10 Å². The topological polar surface area (TPSA) is 68.0 Å². The third kappa shape index (κ3) is 3.11. The summed E-state index contributed by atoms with van der Waals surface area (Å²) in [5.74, 6) is 1.36. The normalized spacial score (nSPS) is 22.1. The molecule has 0 spiro atoms. The van der Waals surface area contributed by atoms with Crippen molar-refractivity contribution in [3.63, 3.8) is 0 Å². The number of hydrogen-bond acceptors (Lipinski definition) is 5. The zero-order valence-electron chi connectivity index (χ0n) is 12.0. The van der Waals surface area contributed by atoms with Gasteiger partial charge in [-0.15, -0.1) is 0 Å². The summed E-state index contributed by atoms with van der Waals surface area (Å²) in [6.07, 6.45) is -0.541. The van der Waals surface area contributed by atoms with E-state index in [0.29, 0.717) is 18.0 Å². The largest absolute Gasteiger partial charge is 0.485 e. The molecule has 3 rings (SSSR count). The lowest BCUT2D eigenvalue weighted by molar-refractivity contribution is -0.143. The summed E-state index contributed by atoms with van der Waals surface area (Å²) >= 11 is 0. The number of nitrogens with zero attached hydrogens (tertiary/aromatic N) is 2. The molecule has 2 aliphatic heterocycles. The van der Waals surface area contributed by atoms with E-state index in [-0.39, 0.29) is 12.5 Å². The maximum Gasteiger partial charge on any atom is 0.267 e. The van der Waals surface area contributed by atoms with Crippen molar-refractivity contribution in [2.75, 3.05) is 45.9 Å². The molecule has 0 bridgehead atoms. The van der Waals surface area contributed by atoms with Crippen molar-refractivity contribution in [2.24, 2.45) is 5.73 Å². The zero-order chi connectivity index (χ0) is 14.7. The fourth-order valence-electron chi connectivity index (χ4n) is 2.72. The summed E-state index contributed by atoms with van der Waals surface area (Å²) in [7, 11) is 0. The highest BCUT2D eigenvalue weighted by atomic mass is 16.6. The van der Waals surface area contributed by atoms with Gasteiger partial charge in [-0.1, -0.05) is 12.1 Å². The fourth-order valence-corrected chi connectivity index (χ4v) is 2.72. The predicted molar refractivity (Wildman–Crippen MR) is 78.4 cm³/mol. The third-order valence-electron chi connectivity index (χ3n) is 3.91. The van der Waals surface area contributed by atoms with Gasteiger partial charge in [0.1, 0.15) is 6.61 Å². The highest BCUT2D eigenvalue weighted by Gasteiger charge is 2.32. The van der Waals surface area contributed by atoms with E-state index in [9.17, 15) is 4.79 Å². The van der Waals surface area contributed by atoms with Crippen LogP contribution in [0.15, 0.2) is 24.3 Å². The zero-order valence-corrected chi connectivity index (χ0v) is 12.0. The summed E-state index contributed by atoms with van der Waals surface area (Å²) in [5.41, 5.74) is 5.56. The van der Waals surface area contributed by atoms with Gasteiger partial charge in [-0.25, -0.2) is 0 Å². The van der Waals surface area contributed by atoms with Crippen LogP contribution < -0.4 is 15.2 Å². The first kappa shape index (κ1) is 14.2. The maximum absolute atomic E-state index is 12.5. The Kier molecular flexibility index (Phi) is 4.26. The molecule has 1 aromatic carbocycles. The first-order valence-electron chi connectivity index (χ1n) is 7.37. The van der Waals surface area contributed by atoms with Crippen LogP contribution in [0.2, 0.25) is 0 Å². The fraction of sp³-hybridized carbons (Fsp3) is 0.533. The number of fused-ring (bicyclic) bond motifs is 1. The van der Waals surface area contributed by atoms with Gasteiger partial charge in [0.15, 0.2) is 11.5 Å². The molecule has 1 amide bonds. The van der Waals surface area contributed by atoms with E-state index in [1.165, 1.54) is 0 Å². The van der Waals surface area contributed by atoms with Crippen molar-refractivity contribution in [1.29, 1.82) is 0 Å². The first-order valence-corrected chi connectivity index (χ1v) is 7.37. The molecule has 1 atom stereocenters. The number of nitrogens with two attached hydrogens (primary N) is 1. The van der Waals surface area contributed by atoms with E-state index in [4.69, 9.17) is 15.2 Å². The van der Waals surface area contributed by atoms with Crippen LogP contribution in [0.3, 0.4) is 0 Å². The molecule has 0 unspecified atom stereocenters. The number of amides is 1. The molecule has 1 fully saturated rings. The van der Waals surface area contributed by atoms with Gasteiger partial charge < -0.3 is 20.1 Å². The summed E-state index contributed by atoms with van der Waals surface area (Å²) < 4.78 is 11.4. The average molecular weight is 291 g/mol. The molecule has 0 aliphatic carbocycles. The van der Waals surface area contributed by atoms with Crippen molar-refractivity contribution in [1.82, 2.24) is 9.80 Å². The minimum Gasteiger partial charge on any atom is -0.485 e. The highest BCUT2D eigenvalue weighted by molar-refractivity contribution is 5.82. The van der Waals surface area contributed by atoms with Crippen molar-refractivity contribution >= 4 is 5.91 Å². The quantitative estimate of drug-likeness (QED) is 0.844. The molecule has 2 heterocycles. The van der Waals surface area contributed by atoms with Gasteiger partial charge in [0.25, 0.3) is 5.91 Å². The number of piperazine rings is 1. The second-order valence-corrected chi connectivity index (χ2v) is 5.32. The Hall–Kier alpha value is -1.79. The van der Waals surface area contributed by atoms with Gasteiger partial charge >= 0.3 is 0 Å². The molecule has 114 valence electrons. The lowest BCUT2D eigenvalue weighted by atomic mass is 10.2. The van der Waals surface area contributed by atoms with Gasteiger partial charge in [0, 0.05) is 39.3 Å². The van der Waals surface area contributed by atoms with Gasteiger partial charge in [-0.05, 0) is 12.1 Å². The Labute approximate surface area is 124 Å². The van der Waals surface area contributed by atoms with Crippen LogP contribution in [0, 0.1) is 0 Å². The summed E-state index contributed by atoms with van der Waals surface area (Å²) in [6, 6.07) is 7.44. The molecule has 2 N–H and O–H groups in total. The van der Waals surface area contributed by atoms with Crippen LogP contribution >= 0.6 is 0 Å². The Morgan fingerprint density at radius 1 is 1.19 bits per heavy atom. The standard InChI is InChI=1S/C15H21N3O3/c16-5-6-17-7-9-18(10-8-17)15(19)14-11-20-12-3-1-2-4-13(12)21-14/h1-4,14H,5-11,16H2/t14-/m1/s1. The van der Waals surface area contributed by atoms with Crippen LogP contribution in [0.25, 0.3) is 0 Å². The minimum absolute atomic E-state index is 0.0110. The average Bonchev–Trinajstić information content (AvgIpc) is 2.55. The molecule has 1 aromatic rings. The molecule has 6 nitrogen and oxygen atoms in total. The van der Waals surface area contributed by atoms with Crippen molar-refractivity contribution in [3.05, 3.63) is 24.3 Å². The number of carbonyl (C=O) groups excluding carboxylic acids is 1. The van der Waals surface area contributed by atoms with Gasteiger partial charge in [0.05, 0.1) is 0 Å². The van der Waals surface area contributed by atoms with Crippen LogP contribution in [-0.4, -0.2) is 67.7 Å². The van der Waals surface area contributed by atoms with Crippen LogP contribution in [-0.2, 0) is 4.79 Å². The molecular formula is C15H21N3O3. The van der Waals surface area contributed by atoms with Gasteiger partial charge in [0.2, 0.25) is 6.10 Å². The van der Waals surface area contributed by atoms with Gasteiger partial charge in [-0.3, -0.25) is 9.69 Å². The number of para-hydroxylation sites is 2. The van der Waals surface area contributed by atoms with Gasteiger partial charge in [-0.2, -0.15) is 0 Å². The molecule has 1 saturated heterocycles. The number of rotatable bonds is 3. The predicted octanol–water partition coefficient (Wildman–Crippen LogP) is -0.0707. The second kappa shape index (κ2) is 6.32. The smallest absolute Gasteiger partial charge is 0.267 e. The number of carbonyl (C=O) groups is 1. The Bertz CT molecular complexity index is 501. The lowest BCUT2D eigenvalue weighted by Gasteiger charge is -2.37.